The van der Waals surface area contributed by atoms with Gasteiger partial charge in [-0.3, -0.25) is 4.98 Å². The first-order valence-corrected chi connectivity index (χ1v) is 4.42. The first-order valence-electron chi connectivity index (χ1n) is 4.42. The van der Waals surface area contributed by atoms with Gasteiger partial charge in [0.15, 0.2) is 0 Å². The molecule has 1 heterocycles. The summed E-state index contributed by atoms with van der Waals surface area (Å²) in [5.74, 6) is -0.494. The van der Waals surface area contributed by atoms with E-state index < -0.39 is 5.82 Å². The first-order chi connectivity index (χ1) is 7.33. The van der Waals surface area contributed by atoms with E-state index in [1.807, 2.05) is 6.07 Å². The summed E-state index contributed by atoms with van der Waals surface area (Å²) in [5, 5.41) is 8.85. The van der Waals surface area contributed by atoms with E-state index in [0.717, 1.165) is 5.56 Å². The summed E-state index contributed by atoms with van der Waals surface area (Å²) in [6, 6.07) is 9.95. The van der Waals surface area contributed by atoms with Gasteiger partial charge in [0.1, 0.15) is 11.9 Å². The molecule has 0 bridgehead atoms. The standard InChI is InChI=1S/C12H7FN2/c13-12-3-1-2-10(11(12)8-14)9-4-6-15-7-5-9/h1-7H. The lowest BCUT2D eigenvalue weighted by Crippen LogP contribution is -1.88. The number of nitrogens with zero attached hydrogens (tertiary/aromatic N) is 2. The molecule has 72 valence electrons. The number of nitriles is 1. The summed E-state index contributed by atoms with van der Waals surface area (Å²) in [6.45, 7) is 0. The molecule has 0 amide bonds. The van der Waals surface area contributed by atoms with Crippen molar-refractivity contribution in [2.24, 2.45) is 0 Å². The lowest BCUT2D eigenvalue weighted by molar-refractivity contribution is 0.624. The van der Waals surface area contributed by atoms with Crippen molar-refractivity contribution in [1.29, 1.82) is 5.26 Å². The van der Waals surface area contributed by atoms with Crippen LogP contribution in [0.4, 0.5) is 4.39 Å². The highest BCUT2D eigenvalue weighted by molar-refractivity contribution is 5.70. The van der Waals surface area contributed by atoms with Gasteiger partial charge >= 0.3 is 0 Å². The van der Waals surface area contributed by atoms with E-state index in [-0.39, 0.29) is 5.56 Å². The summed E-state index contributed by atoms with van der Waals surface area (Å²) in [4.78, 5) is 3.87. The minimum atomic E-state index is -0.494. The van der Waals surface area contributed by atoms with Crippen molar-refractivity contribution in [1.82, 2.24) is 4.98 Å². The second kappa shape index (κ2) is 3.89. The van der Waals surface area contributed by atoms with E-state index in [2.05, 4.69) is 4.98 Å². The van der Waals surface area contributed by atoms with E-state index >= 15 is 0 Å². The summed E-state index contributed by atoms with van der Waals surface area (Å²) >= 11 is 0. The number of hydrogen-bond donors (Lipinski definition) is 0. The highest BCUT2D eigenvalue weighted by Gasteiger charge is 2.08. The minimum absolute atomic E-state index is 0.0729. The van der Waals surface area contributed by atoms with Crippen LogP contribution in [0.1, 0.15) is 5.56 Å². The molecule has 0 atom stereocenters. The van der Waals surface area contributed by atoms with Crippen LogP contribution in [-0.4, -0.2) is 4.98 Å². The molecule has 2 aromatic rings. The summed E-state index contributed by atoms with van der Waals surface area (Å²) in [7, 11) is 0. The summed E-state index contributed by atoms with van der Waals surface area (Å²) < 4.78 is 13.3. The van der Waals surface area contributed by atoms with Gasteiger partial charge in [0.05, 0.1) is 5.56 Å². The average molecular weight is 198 g/mol. The summed E-state index contributed by atoms with van der Waals surface area (Å²) in [6.07, 6.45) is 3.22. The maximum absolute atomic E-state index is 13.3. The number of benzene rings is 1. The van der Waals surface area contributed by atoms with E-state index in [1.165, 1.54) is 6.07 Å². The molecule has 15 heavy (non-hydrogen) atoms. The Kier molecular flexibility index (Phi) is 2.42. The third-order valence-corrected chi connectivity index (χ3v) is 2.12. The molecule has 0 radical (unpaired) electrons. The first kappa shape index (κ1) is 9.35. The molecule has 1 aromatic heterocycles. The van der Waals surface area contributed by atoms with Gasteiger partial charge in [0.2, 0.25) is 0 Å². The van der Waals surface area contributed by atoms with Crippen LogP contribution in [0, 0.1) is 17.1 Å². The molecule has 0 fully saturated rings. The maximum Gasteiger partial charge on any atom is 0.141 e. The van der Waals surface area contributed by atoms with Gasteiger partial charge in [0, 0.05) is 18.0 Å². The van der Waals surface area contributed by atoms with E-state index in [9.17, 15) is 4.39 Å². The normalized spacial score (nSPS) is 9.60. The van der Waals surface area contributed by atoms with Gasteiger partial charge in [-0.05, 0) is 23.8 Å². The van der Waals surface area contributed by atoms with Crippen LogP contribution in [-0.2, 0) is 0 Å². The maximum atomic E-state index is 13.3. The zero-order valence-corrected chi connectivity index (χ0v) is 7.81. The van der Waals surface area contributed by atoms with Gasteiger partial charge in [-0.1, -0.05) is 12.1 Å². The molecule has 0 aliphatic rings. The fourth-order valence-corrected chi connectivity index (χ4v) is 1.41. The fourth-order valence-electron chi connectivity index (χ4n) is 1.41. The lowest BCUT2D eigenvalue weighted by Gasteiger charge is -2.03. The van der Waals surface area contributed by atoms with Crippen LogP contribution in [0.25, 0.3) is 11.1 Å². The van der Waals surface area contributed by atoms with Crippen molar-refractivity contribution in [3.05, 3.63) is 54.1 Å². The van der Waals surface area contributed by atoms with E-state index in [4.69, 9.17) is 5.26 Å². The highest BCUT2D eigenvalue weighted by Crippen LogP contribution is 2.24. The molecule has 0 aliphatic carbocycles. The van der Waals surface area contributed by atoms with Gasteiger partial charge in [-0.15, -0.1) is 0 Å². The largest absolute Gasteiger partial charge is 0.265 e. The second-order valence-corrected chi connectivity index (χ2v) is 3.01. The zero-order chi connectivity index (χ0) is 10.7. The monoisotopic (exact) mass is 198 g/mol. The van der Waals surface area contributed by atoms with Crippen LogP contribution in [0.2, 0.25) is 0 Å². The molecular weight excluding hydrogens is 191 g/mol. The van der Waals surface area contributed by atoms with E-state index in [0.29, 0.717) is 5.56 Å². The Bertz CT molecular complexity index is 515. The Labute approximate surface area is 86.6 Å². The van der Waals surface area contributed by atoms with Crippen molar-refractivity contribution >= 4 is 0 Å². The van der Waals surface area contributed by atoms with Gasteiger partial charge < -0.3 is 0 Å². The molecule has 3 heteroatoms. The quantitative estimate of drug-likeness (QED) is 0.706. The number of aromatic nitrogens is 1. The fraction of sp³-hybridized carbons (Fsp3) is 0. The van der Waals surface area contributed by atoms with Gasteiger partial charge in [0.25, 0.3) is 0 Å². The average Bonchev–Trinajstić information content (AvgIpc) is 2.30. The van der Waals surface area contributed by atoms with Crippen molar-refractivity contribution in [3.8, 4) is 17.2 Å². The molecule has 0 aliphatic heterocycles. The molecular formula is C12H7FN2. The number of hydrogen-bond acceptors (Lipinski definition) is 2. The third-order valence-electron chi connectivity index (χ3n) is 2.12. The molecule has 1 aromatic carbocycles. The van der Waals surface area contributed by atoms with Gasteiger partial charge in [-0.2, -0.15) is 5.26 Å². The Hall–Kier alpha value is -2.21. The Balaban J connectivity index is 2.65. The third kappa shape index (κ3) is 1.70. The molecule has 0 N–H and O–H groups in total. The zero-order valence-electron chi connectivity index (χ0n) is 7.81. The van der Waals surface area contributed by atoms with Crippen molar-refractivity contribution in [3.63, 3.8) is 0 Å². The van der Waals surface area contributed by atoms with Crippen molar-refractivity contribution in [2.45, 2.75) is 0 Å². The van der Waals surface area contributed by atoms with Crippen LogP contribution in [0.15, 0.2) is 42.7 Å². The van der Waals surface area contributed by atoms with Gasteiger partial charge in [-0.25, -0.2) is 4.39 Å². The number of rotatable bonds is 1. The molecule has 0 unspecified atom stereocenters. The van der Waals surface area contributed by atoms with Crippen LogP contribution < -0.4 is 0 Å². The predicted molar refractivity (Wildman–Crippen MR) is 54.3 cm³/mol. The molecule has 2 rings (SSSR count). The van der Waals surface area contributed by atoms with Crippen LogP contribution in [0.3, 0.4) is 0 Å². The lowest BCUT2D eigenvalue weighted by atomic mass is 10.0. The number of halogens is 1. The summed E-state index contributed by atoms with van der Waals surface area (Å²) in [5.41, 5.74) is 1.46. The minimum Gasteiger partial charge on any atom is -0.265 e. The molecule has 0 spiro atoms. The Morgan fingerprint density at radius 2 is 1.87 bits per heavy atom. The SMILES string of the molecule is N#Cc1c(F)cccc1-c1ccncc1. The molecule has 0 saturated heterocycles. The number of pyridine rings is 1. The predicted octanol–water partition coefficient (Wildman–Crippen LogP) is 2.76. The Morgan fingerprint density at radius 1 is 1.13 bits per heavy atom. The van der Waals surface area contributed by atoms with Crippen molar-refractivity contribution < 1.29 is 4.39 Å². The van der Waals surface area contributed by atoms with Crippen LogP contribution >= 0.6 is 0 Å². The second-order valence-electron chi connectivity index (χ2n) is 3.01. The smallest absolute Gasteiger partial charge is 0.141 e. The van der Waals surface area contributed by atoms with Crippen molar-refractivity contribution in [2.75, 3.05) is 0 Å². The van der Waals surface area contributed by atoms with Crippen LogP contribution in [0.5, 0.6) is 0 Å². The molecule has 0 saturated carbocycles. The van der Waals surface area contributed by atoms with E-state index in [1.54, 1.807) is 36.7 Å². The topological polar surface area (TPSA) is 36.7 Å². The molecule has 2 nitrogen and oxygen atoms in total. The Morgan fingerprint density at radius 3 is 2.53 bits per heavy atom. The highest BCUT2D eigenvalue weighted by atomic mass is 19.1.